The van der Waals surface area contributed by atoms with Gasteiger partial charge in [-0.1, -0.05) is 161 Å². The molecule has 0 atom stereocenters. The first kappa shape index (κ1) is 37.4. The van der Waals surface area contributed by atoms with Crippen LogP contribution in [-0.2, 0) is 9.53 Å². The van der Waals surface area contributed by atoms with E-state index in [0.29, 0.717) is 6.42 Å². The van der Waals surface area contributed by atoms with Gasteiger partial charge in [-0.3, -0.25) is 4.79 Å². The lowest BCUT2D eigenvalue weighted by atomic mass is 9.93. The fourth-order valence-electron chi connectivity index (χ4n) is 5.00. The first-order chi connectivity index (χ1) is 18.6. The van der Waals surface area contributed by atoms with Crippen LogP contribution >= 0.6 is 0 Å². The number of rotatable bonds is 31. The smallest absolute Gasteiger partial charge is 0.305 e. The van der Waals surface area contributed by atoms with Crippen LogP contribution in [0.15, 0.2) is 0 Å². The van der Waals surface area contributed by atoms with Gasteiger partial charge in [-0.25, -0.2) is 0 Å². The van der Waals surface area contributed by atoms with Crippen LogP contribution in [0.2, 0.25) is 0 Å². The summed E-state index contributed by atoms with van der Waals surface area (Å²) in [5, 5.41) is 27.8. The molecular weight excluding hydrogens is 476 g/mol. The molecule has 0 heterocycles. The Balaban J connectivity index is 3.22. The van der Waals surface area contributed by atoms with Crippen LogP contribution < -0.4 is 0 Å². The average molecular weight is 543 g/mol. The molecule has 0 aromatic carbocycles. The van der Waals surface area contributed by atoms with Crippen LogP contribution in [-0.4, -0.2) is 47.7 Å². The van der Waals surface area contributed by atoms with Gasteiger partial charge < -0.3 is 20.1 Å². The third-order valence-electron chi connectivity index (χ3n) is 8.03. The van der Waals surface area contributed by atoms with Crippen molar-refractivity contribution in [3.05, 3.63) is 0 Å². The minimum absolute atomic E-state index is 0.144. The van der Waals surface area contributed by atoms with Crippen LogP contribution in [0.25, 0.3) is 0 Å². The normalized spacial score (nSPS) is 11.8. The van der Waals surface area contributed by atoms with Crippen molar-refractivity contribution in [1.29, 1.82) is 0 Å². The molecule has 0 saturated carbocycles. The highest BCUT2D eigenvalue weighted by atomic mass is 16.5. The van der Waals surface area contributed by atoms with Crippen LogP contribution in [0.3, 0.4) is 0 Å². The van der Waals surface area contributed by atoms with Gasteiger partial charge in [0.1, 0.15) is 6.61 Å². The van der Waals surface area contributed by atoms with Gasteiger partial charge >= 0.3 is 5.97 Å². The van der Waals surface area contributed by atoms with Crippen molar-refractivity contribution in [1.82, 2.24) is 0 Å². The highest BCUT2D eigenvalue weighted by molar-refractivity contribution is 5.69. The Morgan fingerprint density at radius 3 is 1.00 bits per heavy atom. The molecule has 0 rings (SSSR count). The number of hydrogen-bond donors (Lipinski definition) is 3. The van der Waals surface area contributed by atoms with E-state index in [1.807, 2.05) is 0 Å². The van der Waals surface area contributed by atoms with E-state index >= 15 is 0 Å². The third kappa shape index (κ3) is 24.4. The number of aliphatic hydroxyl groups excluding tert-OH is 3. The van der Waals surface area contributed by atoms with E-state index in [4.69, 9.17) is 4.74 Å². The van der Waals surface area contributed by atoms with Crippen LogP contribution in [0.4, 0.5) is 0 Å². The largest absolute Gasteiger partial charge is 0.465 e. The van der Waals surface area contributed by atoms with Crippen LogP contribution in [0, 0.1) is 5.41 Å². The Morgan fingerprint density at radius 1 is 0.474 bits per heavy atom. The minimum atomic E-state index is -1.14. The number of ether oxygens (including phenoxy) is 1. The predicted octanol–water partition coefficient (Wildman–Crippen LogP) is 8.66. The number of hydrogen-bond acceptors (Lipinski definition) is 5. The summed E-state index contributed by atoms with van der Waals surface area (Å²) in [5.41, 5.74) is -1.14. The van der Waals surface area contributed by atoms with Gasteiger partial charge in [0.05, 0.1) is 25.2 Å². The fourth-order valence-corrected chi connectivity index (χ4v) is 5.00. The topological polar surface area (TPSA) is 87.0 Å². The second-order valence-electron chi connectivity index (χ2n) is 11.9. The van der Waals surface area contributed by atoms with Crippen molar-refractivity contribution in [2.75, 3.05) is 26.4 Å². The van der Waals surface area contributed by atoms with Gasteiger partial charge in [0.15, 0.2) is 0 Å². The molecule has 38 heavy (non-hydrogen) atoms. The third-order valence-corrected chi connectivity index (χ3v) is 8.03. The molecule has 0 saturated heterocycles. The maximum Gasteiger partial charge on any atom is 0.305 e. The average Bonchev–Trinajstić information content (AvgIpc) is 2.94. The van der Waals surface area contributed by atoms with Crippen molar-refractivity contribution >= 4 is 5.97 Å². The van der Waals surface area contributed by atoms with Crippen LogP contribution in [0.1, 0.15) is 174 Å². The minimum Gasteiger partial charge on any atom is -0.465 e. The first-order valence-electron chi connectivity index (χ1n) is 16.6. The van der Waals surface area contributed by atoms with Crippen molar-refractivity contribution in [3.63, 3.8) is 0 Å². The predicted molar refractivity (Wildman–Crippen MR) is 160 cm³/mol. The summed E-state index contributed by atoms with van der Waals surface area (Å²) in [6.45, 7) is 0.915. The van der Waals surface area contributed by atoms with Crippen molar-refractivity contribution in [2.24, 2.45) is 5.41 Å². The van der Waals surface area contributed by atoms with Crippen molar-refractivity contribution in [3.8, 4) is 0 Å². The summed E-state index contributed by atoms with van der Waals surface area (Å²) in [7, 11) is 0. The van der Waals surface area contributed by atoms with Gasteiger partial charge in [-0.15, -0.1) is 0 Å². The van der Waals surface area contributed by atoms with E-state index in [0.717, 1.165) is 19.3 Å². The first-order valence-corrected chi connectivity index (χ1v) is 16.6. The quantitative estimate of drug-likeness (QED) is 0.0602. The molecule has 0 unspecified atom stereocenters. The molecule has 0 aromatic rings. The number of carbonyl (C=O) groups excluding carboxylic acids is 1. The Kier molecular flexibility index (Phi) is 28.8. The number of unbranched alkanes of at least 4 members (excludes halogenated alkanes) is 24. The molecule has 3 N–H and O–H groups in total. The van der Waals surface area contributed by atoms with Gasteiger partial charge in [-0.05, 0) is 6.42 Å². The Morgan fingerprint density at radius 2 is 0.737 bits per heavy atom. The highest BCUT2D eigenvalue weighted by Crippen LogP contribution is 2.17. The summed E-state index contributed by atoms with van der Waals surface area (Å²) in [5.74, 6) is -0.321. The standard InChI is InChI=1S/C33H66O5/c1-2-3-4-5-6-7-8-9-10-11-12-13-14-15-16-17-18-19-20-21-22-23-24-25-26-27-32(37)38-31-33(28-34,29-35)30-36/h34-36H,2-31H2,1H3. The lowest BCUT2D eigenvalue weighted by molar-refractivity contribution is -0.151. The van der Waals surface area contributed by atoms with Crippen molar-refractivity contribution < 1.29 is 24.9 Å². The van der Waals surface area contributed by atoms with Gasteiger partial charge in [0, 0.05) is 6.42 Å². The SMILES string of the molecule is CCCCCCCCCCCCCCCCCCCCCCCCCCCC(=O)OCC(CO)(CO)CO. The summed E-state index contributed by atoms with van der Waals surface area (Å²) >= 11 is 0. The molecule has 0 amide bonds. The number of aliphatic hydroxyl groups is 3. The lowest BCUT2D eigenvalue weighted by Crippen LogP contribution is -2.39. The second kappa shape index (κ2) is 29.3. The Labute approximate surface area is 236 Å². The zero-order chi connectivity index (χ0) is 28.0. The maximum absolute atomic E-state index is 11.8. The highest BCUT2D eigenvalue weighted by Gasteiger charge is 2.30. The van der Waals surface area contributed by atoms with E-state index < -0.39 is 25.2 Å². The van der Waals surface area contributed by atoms with Crippen LogP contribution in [0.5, 0.6) is 0 Å². The van der Waals surface area contributed by atoms with Gasteiger partial charge in [0.2, 0.25) is 0 Å². The number of carbonyl (C=O) groups is 1. The lowest BCUT2D eigenvalue weighted by Gasteiger charge is -2.26. The molecule has 0 aromatic heterocycles. The van der Waals surface area contributed by atoms with E-state index in [2.05, 4.69) is 6.92 Å². The molecule has 0 aliphatic heterocycles. The fraction of sp³-hybridized carbons (Fsp3) is 0.970. The zero-order valence-electron chi connectivity index (χ0n) is 25.4. The molecule has 5 heteroatoms. The maximum atomic E-state index is 11.8. The summed E-state index contributed by atoms with van der Waals surface area (Å²) in [4.78, 5) is 11.8. The molecular formula is C33H66O5. The summed E-state index contributed by atoms with van der Waals surface area (Å²) < 4.78 is 5.12. The molecule has 0 radical (unpaired) electrons. The monoisotopic (exact) mass is 542 g/mol. The molecule has 0 aliphatic rings. The van der Waals surface area contributed by atoms with E-state index in [-0.39, 0.29) is 12.6 Å². The van der Waals surface area contributed by atoms with E-state index in [1.54, 1.807) is 0 Å². The Hall–Kier alpha value is -0.650. The number of esters is 1. The molecule has 0 spiro atoms. The zero-order valence-corrected chi connectivity index (χ0v) is 25.4. The summed E-state index contributed by atoms with van der Waals surface area (Å²) in [6.07, 6.45) is 34.3. The molecule has 5 nitrogen and oxygen atoms in total. The summed E-state index contributed by atoms with van der Waals surface area (Å²) in [6, 6.07) is 0. The van der Waals surface area contributed by atoms with E-state index in [1.165, 1.54) is 141 Å². The van der Waals surface area contributed by atoms with Gasteiger partial charge in [-0.2, -0.15) is 0 Å². The second-order valence-corrected chi connectivity index (χ2v) is 11.9. The molecule has 228 valence electrons. The van der Waals surface area contributed by atoms with E-state index in [9.17, 15) is 20.1 Å². The Bertz CT molecular complexity index is 470. The molecule has 0 aliphatic carbocycles. The van der Waals surface area contributed by atoms with Crippen molar-refractivity contribution in [2.45, 2.75) is 174 Å². The molecule has 0 bridgehead atoms. The molecule has 0 fully saturated rings. The van der Waals surface area contributed by atoms with Gasteiger partial charge in [0.25, 0.3) is 0 Å².